The number of carbonyl (C=O) groups excluding carboxylic acids is 1. The predicted octanol–water partition coefficient (Wildman–Crippen LogP) is 1.48. The molecule has 22 heavy (non-hydrogen) atoms. The monoisotopic (exact) mass is 328 g/mol. The number of likely N-dealkylation sites (tertiary alicyclic amines) is 1. The lowest BCUT2D eigenvalue weighted by molar-refractivity contribution is 0.0265. The second kappa shape index (κ2) is 7.94. The van der Waals surface area contributed by atoms with Gasteiger partial charge in [-0.15, -0.1) is 12.4 Å². The molecule has 1 N–H and O–H groups in total. The minimum Gasteiger partial charge on any atom is -0.380 e. The lowest BCUT2D eigenvalue weighted by atomic mass is 10.1. The van der Waals surface area contributed by atoms with Crippen LogP contribution >= 0.6 is 12.4 Å². The number of ether oxygens (including phenoxy) is 1. The summed E-state index contributed by atoms with van der Waals surface area (Å²) in [5.74, 6) is 0.0271. The molecule has 2 aliphatic rings. The van der Waals surface area contributed by atoms with Gasteiger partial charge >= 0.3 is 0 Å². The summed E-state index contributed by atoms with van der Waals surface area (Å²) in [4.78, 5) is 14.4. The molecule has 2 aliphatic heterocycles. The Morgan fingerprint density at radius 3 is 3.00 bits per heavy atom. The van der Waals surface area contributed by atoms with Crippen molar-refractivity contribution in [2.24, 2.45) is 0 Å². The smallest absolute Gasteiger partial charge is 0.274 e. The Hall–Kier alpha value is -1.11. The van der Waals surface area contributed by atoms with Crippen LogP contribution in [0.3, 0.4) is 0 Å². The van der Waals surface area contributed by atoms with Gasteiger partial charge in [-0.2, -0.15) is 5.10 Å². The summed E-state index contributed by atoms with van der Waals surface area (Å²) in [6.45, 7) is 3.49. The molecule has 0 bridgehead atoms. The number of rotatable bonds is 3. The van der Waals surface area contributed by atoms with Crippen LogP contribution in [0.15, 0.2) is 12.3 Å². The van der Waals surface area contributed by atoms with Gasteiger partial charge in [0.2, 0.25) is 0 Å². The molecule has 0 aliphatic carbocycles. The number of aromatic nitrogens is 2. The number of halogens is 1. The molecule has 124 valence electrons. The Morgan fingerprint density at radius 2 is 2.27 bits per heavy atom. The van der Waals surface area contributed by atoms with Crippen LogP contribution in [0.5, 0.6) is 0 Å². The molecule has 1 aromatic rings. The van der Waals surface area contributed by atoms with Crippen molar-refractivity contribution < 1.29 is 9.53 Å². The zero-order valence-corrected chi connectivity index (χ0v) is 13.8. The van der Waals surface area contributed by atoms with E-state index in [1.54, 1.807) is 7.11 Å². The Kier molecular flexibility index (Phi) is 6.23. The molecule has 6 nitrogen and oxygen atoms in total. The second-order valence-electron chi connectivity index (χ2n) is 5.93. The zero-order valence-electron chi connectivity index (χ0n) is 13.0. The number of nitrogens with zero attached hydrogens (tertiary/aromatic N) is 3. The SMILES string of the molecule is COC1CCCN(C(=O)c2ccn(C3CCCNC3)n2)C1.Cl. The summed E-state index contributed by atoms with van der Waals surface area (Å²) in [5, 5.41) is 7.88. The van der Waals surface area contributed by atoms with Gasteiger partial charge in [-0.3, -0.25) is 9.48 Å². The molecule has 2 unspecified atom stereocenters. The fourth-order valence-corrected chi connectivity index (χ4v) is 3.19. The van der Waals surface area contributed by atoms with E-state index in [1.165, 1.54) is 0 Å². The molecule has 2 saturated heterocycles. The van der Waals surface area contributed by atoms with Gasteiger partial charge in [0.15, 0.2) is 0 Å². The largest absolute Gasteiger partial charge is 0.380 e. The highest BCUT2D eigenvalue weighted by atomic mass is 35.5. The number of carbonyl (C=O) groups is 1. The number of hydrogen-bond acceptors (Lipinski definition) is 4. The van der Waals surface area contributed by atoms with Gasteiger partial charge < -0.3 is 15.0 Å². The van der Waals surface area contributed by atoms with Gasteiger partial charge in [-0.25, -0.2) is 0 Å². The summed E-state index contributed by atoms with van der Waals surface area (Å²) in [6, 6.07) is 2.21. The van der Waals surface area contributed by atoms with Crippen LogP contribution in [0.25, 0.3) is 0 Å². The van der Waals surface area contributed by atoms with Gasteiger partial charge in [0.05, 0.1) is 12.1 Å². The molecule has 3 heterocycles. The number of amides is 1. The van der Waals surface area contributed by atoms with Crippen LogP contribution in [0.2, 0.25) is 0 Å². The number of piperidine rings is 2. The molecule has 7 heteroatoms. The van der Waals surface area contributed by atoms with E-state index in [-0.39, 0.29) is 24.4 Å². The molecule has 2 atom stereocenters. The van der Waals surface area contributed by atoms with Crippen molar-refractivity contribution in [1.82, 2.24) is 20.0 Å². The highest BCUT2D eigenvalue weighted by Gasteiger charge is 2.26. The maximum atomic E-state index is 12.5. The van der Waals surface area contributed by atoms with Gasteiger partial charge in [0.25, 0.3) is 5.91 Å². The lowest BCUT2D eigenvalue weighted by Crippen LogP contribution is -2.43. The summed E-state index contributed by atoms with van der Waals surface area (Å²) in [7, 11) is 1.71. The van der Waals surface area contributed by atoms with Crippen molar-refractivity contribution in [2.75, 3.05) is 33.3 Å². The van der Waals surface area contributed by atoms with Crippen LogP contribution in [-0.4, -0.2) is 60.0 Å². The first-order chi connectivity index (χ1) is 10.3. The Morgan fingerprint density at radius 1 is 1.41 bits per heavy atom. The van der Waals surface area contributed by atoms with Crippen LogP contribution < -0.4 is 5.32 Å². The molecule has 1 aromatic heterocycles. The van der Waals surface area contributed by atoms with Crippen LogP contribution in [-0.2, 0) is 4.74 Å². The molecule has 0 radical (unpaired) electrons. The standard InChI is InChI=1S/C15H24N4O2.ClH/c1-21-13-5-3-8-18(11-13)15(20)14-6-9-19(17-14)12-4-2-7-16-10-12;/h6,9,12-13,16H,2-5,7-8,10-11H2,1H3;1H. The van der Waals surface area contributed by atoms with E-state index in [4.69, 9.17) is 4.74 Å². The van der Waals surface area contributed by atoms with Crippen molar-refractivity contribution >= 4 is 18.3 Å². The maximum Gasteiger partial charge on any atom is 0.274 e. The number of nitrogens with one attached hydrogen (secondary N) is 1. The molecule has 0 aromatic carbocycles. The topological polar surface area (TPSA) is 59.4 Å². The van der Waals surface area contributed by atoms with E-state index in [1.807, 2.05) is 21.8 Å². The van der Waals surface area contributed by atoms with E-state index in [9.17, 15) is 4.79 Å². The molecular formula is C15H25ClN4O2. The first-order valence-corrected chi connectivity index (χ1v) is 7.86. The van der Waals surface area contributed by atoms with Gasteiger partial charge in [-0.1, -0.05) is 0 Å². The van der Waals surface area contributed by atoms with E-state index in [0.717, 1.165) is 45.3 Å². The van der Waals surface area contributed by atoms with E-state index in [0.29, 0.717) is 18.3 Å². The Balaban J connectivity index is 0.00000176. The quantitative estimate of drug-likeness (QED) is 0.913. The molecule has 0 saturated carbocycles. The van der Waals surface area contributed by atoms with Crippen molar-refractivity contribution in [3.05, 3.63) is 18.0 Å². The van der Waals surface area contributed by atoms with Crippen LogP contribution in [0.1, 0.15) is 42.2 Å². The molecule has 1 amide bonds. The average Bonchev–Trinajstić information content (AvgIpc) is 3.05. The van der Waals surface area contributed by atoms with Crippen molar-refractivity contribution in [3.63, 3.8) is 0 Å². The van der Waals surface area contributed by atoms with Crippen molar-refractivity contribution in [1.29, 1.82) is 0 Å². The maximum absolute atomic E-state index is 12.5. The number of hydrogen-bond donors (Lipinski definition) is 1. The summed E-state index contributed by atoms with van der Waals surface area (Å²) < 4.78 is 7.32. The fourth-order valence-electron chi connectivity index (χ4n) is 3.19. The summed E-state index contributed by atoms with van der Waals surface area (Å²) >= 11 is 0. The third-order valence-electron chi connectivity index (χ3n) is 4.47. The molecule has 2 fully saturated rings. The Bertz CT molecular complexity index is 488. The van der Waals surface area contributed by atoms with Crippen LogP contribution in [0, 0.1) is 0 Å². The average molecular weight is 329 g/mol. The predicted molar refractivity (Wildman–Crippen MR) is 86.6 cm³/mol. The third-order valence-corrected chi connectivity index (χ3v) is 4.47. The summed E-state index contributed by atoms with van der Waals surface area (Å²) in [6.07, 6.45) is 6.41. The van der Waals surface area contributed by atoms with Crippen molar-refractivity contribution in [3.8, 4) is 0 Å². The number of methoxy groups -OCH3 is 1. The minimum absolute atomic E-state index is 0. The summed E-state index contributed by atoms with van der Waals surface area (Å²) in [5.41, 5.74) is 0.553. The van der Waals surface area contributed by atoms with Gasteiger partial charge in [0, 0.05) is 32.9 Å². The molecular weight excluding hydrogens is 304 g/mol. The normalized spacial score (nSPS) is 25.6. The van der Waals surface area contributed by atoms with E-state index < -0.39 is 0 Å². The Labute approximate surface area is 137 Å². The van der Waals surface area contributed by atoms with Gasteiger partial charge in [0.1, 0.15) is 5.69 Å². The minimum atomic E-state index is 0. The first-order valence-electron chi connectivity index (χ1n) is 7.86. The lowest BCUT2D eigenvalue weighted by Gasteiger charge is -2.31. The zero-order chi connectivity index (χ0) is 14.7. The van der Waals surface area contributed by atoms with Gasteiger partial charge in [-0.05, 0) is 38.3 Å². The highest BCUT2D eigenvalue weighted by molar-refractivity contribution is 5.92. The van der Waals surface area contributed by atoms with Crippen molar-refractivity contribution in [2.45, 2.75) is 37.8 Å². The first kappa shape index (κ1) is 17.2. The fraction of sp³-hybridized carbons (Fsp3) is 0.733. The van der Waals surface area contributed by atoms with E-state index in [2.05, 4.69) is 10.4 Å². The third kappa shape index (κ3) is 3.80. The molecule has 0 spiro atoms. The van der Waals surface area contributed by atoms with Crippen LogP contribution in [0.4, 0.5) is 0 Å². The highest BCUT2D eigenvalue weighted by Crippen LogP contribution is 2.18. The molecule has 3 rings (SSSR count). The second-order valence-corrected chi connectivity index (χ2v) is 5.93. The van der Waals surface area contributed by atoms with E-state index >= 15 is 0 Å².